The van der Waals surface area contributed by atoms with Crippen molar-refractivity contribution in [1.82, 2.24) is 9.97 Å². The fourth-order valence-electron chi connectivity index (χ4n) is 3.97. The molecule has 2 heterocycles. The van der Waals surface area contributed by atoms with Gasteiger partial charge in [-0.3, -0.25) is 4.98 Å². The molecular weight excluding hydrogens is 392 g/mol. The van der Waals surface area contributed by atoms with E-state index in [0.717, 1.165) is 72.6 Å². The van der Waals surface area contributed by atoms with Gasteiger partial charge in [0.2, 0.25) is 0 Å². The molecule has 0 unspecified atom stereocenters. The third-order valence-electron chi connectivity index (χ3n) is 5.95. The Balaban J connectivity index is 1.53. The van der Waals surface area contributed by atoms with Crippen LogP contribution in [0, 0.1) is 5.92 Å². The quantitative estimate of drug-likeness (QED) is 0.572. The molecule has 3 aromatic rings. The van der Waals surface area contributed by atoms with Crippen molar-refractivity contribution in [3.8, 4) is 11.5 Å². The molecule has 2 fully saturated rings. The van der Waals surface area contributed by atoms with Gasteiger partial charge >= 0.3 is 0 Å². The lowest BCUT2D eigenvalue weighted by molar-refractivity contribution is 0.122. The molecule has 0 atom stereocenters. The molecule has 1 saturated carbocycles. The number of rotatable bonds is 7. The molecule has 1 aromatic heterocycles. The molecule has 31 heavy (non-hydrogen) atoms. The second kappa shape index (κ2) is 8.59. The third kappa shape index (κ3) is 4.37. The van der Waals surface area contributed by atoms with Gasteiger partial charge in [-0.15, -0.1) is 0 Å². The van der Waals surface area contributed by atoms with Crippen molar-refractivity contribution in [3.63, 3.8) is 0 Å². The number of morpholine rings is 1. The van der Waals surface area contributed by atoms with Gasteiger partial charge in [0, 0.05) is 49.2 Å². The Bertz CT molecular complexity index is 1040. The summed E-state index contributed by atoms with van der Waals surface area (Å²) >= 11 is 0. The van der Waals surface area contributed by atoms with Crippen molar-refractivity contribution in [1.29, 1.82) is 0 Å². The minimum Gasteiger partial charge on any atom is -0.497 e. The van der Waals surface area contributed by atoms with Crippen LogP contribution in [0.5, 0.6) is 11.5 Å². The normalized spacial score (nSPS) is 16.4. The molecule has 162 valence electrons. The molecular formula is C24H28N4O3. The van der Waals surface area contributed by atoms with Crippen LogP contribution >= 0.6 is 0 Å². The monoisotopic (exact) mass is 420 g/mol. The molecule has 0 radical (unpaired) electrons. The molecule has 5 rings (SSSR count). The Labute approximate surface area is 182 Å². The number of aromatic nitrogens is 2. The summed E-state index contributed by atoms with van der Waals surface area (Å²) in [6.45, 7) is 4.10. The van der Waals surface area contributed by atoms with Gasteiger partial charge in [-0.1, -0.05) is 0 Å². The van der Waals surface area contributed by atoms with Crippen LogP contribution in [0.15, 0.2) is 42.6 Å². The first-order chi connectivity index (χ1) is 15.2. The molecule has 0 spiro atoms. The molecule has 2 aliphatic rings. The van der Waals surface area contributed by atoms with E-state index in [4.69, 9.17) is 19.2 Å². The van der Waals surface area contributed by atoms with Crippen molar-refractivity contribution >= 4 is 28.2 Å². The van der Waals surface area contributed by atoms with Crippen molar-refractivity contribution in [2.24, 2.45) is 5.92 Å². The smallest absolute Gasteiger partial charge is 0.148 e. The largest absolute Gasteiger partial charge is 0.497 e. The summed E-state index contributed by atoms with van der Waals surface area (Å²) in [5.41, 5.74) is 3.95. The van der Waals surface area contributed by atoms with E-state index in [0.29, 0.717) is 5.92 Å². The predicted molar refractivity (Wildman–Crippen MR) is 122 cm³/mol. The third-order valence-corrected chi connectivity index (χ3v) is 5.95. The number of ether oxygens (including phenoxy) is 3. The minimum absolute atomic E-state index is 0.707. The van der Waals surface area contributed by atoms with E-state index in [1.54, 1.807) is 14.2 Å². The Kier molecular flexibility index (Phi) is 5.51. The lowest BCUT2D eigenvalue weighted by atomic mass is 10.2. The fraction of sp³-hybridized carbons (Fsp3) is 0.417. The van der Waals surface area contributed by atoms with Crippen molar-refractivity contribution in [2.45, 2.75) is 12.8 Å². The Morgan fingerprint density at radius 3 is 2.39 bits per heavy atom. The summed E-state index contributed by atoms with van der Waals surface area (Å²) in [6.07, 6.45) is 4.40. The van der Waals surface area contributed by atoms with E-state index in [2.05, 4.69) is 45.1 Å². The summed E-state index contributed by atoms with van der Waals surface area (Å²) in [4.78, 5) is 14.2. The molecule has 7 heteroatoms. The zero-order valence-corrected chi connectivity index (χ0v) is 18.1. The lowest BCUT2D eigenvalue weighted by Crippen LogP contribution is -2.36. The van der Waals surface area contributed by atoms with E-state index in [9.17, 15) is 0 Å². The summed E-state index contributed by atoms with van der Waals surface area (Å²) in [5, 5.41) is 0. The van der Waals surface area contributed by atoms with Crippen LogP contribution in [-0.2, 0) is 4.74 Å². The highest BCUT2D eigenvalue weighted by atomic mass is 16.5. The first kappa shape index (κ1) is 19.9. The van der Waals surface area contributed by atoms with Crippen molar-refractivity contribution < 1.29 is 14.2 Å². The maximum Gasteiger partial charge on any atom is 0.148 e. The van der Waals surface area contributed by atoms with Crippen LogP contribution < -0.4 is 19.3 Å². The topological polar surface area (TPSA) is 60.0 Å². The number of methoxy groups -OCH3 is 2. The highest BCUT2D eigenvalue weighted by Gasteiger charge is 2.26. The van der Waals surface area contributed by atoms with Crippen molar-refractivity contribution in [3.05, 3.63) is 42.6 Å². The van der Waals surface area contributed by atoms with E-state index >= 15 is 0 Å². The van der Waals surface area contributed by atoms with Gasteiger partial charge in [-0.2, -0.15) is 0 Å². The predicted octanol–water partition coefficient (Wildman–Crippen LogP) is 4.03. The van der Waals surface area contributed by atoms with Gasteiger partial charge in [-0.05, 0) is 37.0 Å². The van der Waals surface area contributed by atoms with Gasteiger partial charge < -0.3 is 24.0 Å². The number of hydrogen-bond donors (Lipinski definition) is 0. The first-order valence-electron chi connectivity index (χ1n) is 10.8. The number of anilines is 3. The van der Waals surface area contributed by atoms with Crippen LogP contribution in [0.4, 0.5) is 17.2 Å². The zero-order valence-electron chi connectivity index (χ0n) is 18.1. The lowest BCUT2D eigenvalue weighted by Gasteiger charge is -2.28. The number of hydrogen-bond acceptors (Lipinski definition) is 7. The van der Waals surface area contributed by atoms with Gasteiger partial charge in [-0.25, -0.2) is 4.98 Å². The number of fused-ring (bicyclic) bond motifs is 1. The van der Waals surface area contributed by atoms with Crippen LogP contribution in [0.1, 0.15) is 12.8 Å². The molecule has 1 aliphatic carbocycles. The summed E-state index contributed by atoms with van der Waals surface area (Å²) < 4.78 is 16.5. The Hall–Kier alpha value is -3.06. The summed E-state index contributed by atoms with van der Waals surface area (Å²) in [6, 6.07) is 12.3. The van der Waals surface area contributed by atoms with Crippen molar-refractivity contribution in [2.75, 3.05) is 56.9 Å². The number of nitrogens with zero attached hydrogens (tertiary/aromatic N) is 4. The highest BCUT2D eigenvalue weighted by Crippen LogP contribution is 2.38. The van der Waals surface area contributed by atoms with E-state index in [1.165, 1.54) is 12.8 Å². The molecule has 1 saturated heterocycles. The van der Waals surface area contributed by atoms with E-state index < -0.39 is 0 Å². The van der Waals surface area contributed by atoms with Gasteiger partial charge in [0.05, 0.1) is 44.7 Å². The van der Waals surface area contributed by atoms with Gasteiger partial charge in [0.1, 0.15) is 17.3 Å². The van der Waals surface area contributed by atoms with Gasteiger partial charge in [0.25, 0.3) is 0 Å². The van der Waals surface area contributed by atoms with Crippen LogP contribution in [-0.4, -0.2) is 57.0 Å². The number of benzene rings is 2. The average Bonchev–Trinajstić information content (AvgIpc) is 3.66. The second-order valence-corrected chi connectivity index (χ2v) is 8.13. The first-order valence-corrected chi connectivity index (χ1v) is 10.8. The van der Waals surface area contributed by atoms with E-state index in [-0.39, 0.29) is 0 Å². The molecule has 0 amide bonds. The summed E-state index contributed by atoms with van der Waals surface area (Å²) in [7, 11) is 3.37. The Morgan fingerprint density at radius 2 is 1.71 bits per heavy atom. The van der Waals surface area contributed by atoms with E-state index in [1.807, 2.05) is 12.3 Å². The standard InChI is InChI=1S/C24H28N4O3/c1-29-20-11-19(12-21(14-20)30-2)28(16-17-3-4-17)18-5-6-22-23(13-18)26-24(15-25-22)27-7-9-31-10-8-27/h5-6,11-15,17H,3-4,7-10,16H2,1-2H3. The average molecular weight is 421 g/mol. The molecule has 1 aliphatic heterocycles. The maximum atomic E-state index is 5.51. The van der Waals surface area contributed by atoms with Crippen LogP contribution in [0.25, 0.3) is 11.0 Å². The fourth-order valence-corrected chi connectivity index (χ4v) is 3.97. The highest BCUT2D eigenvalue weighted by molar-refractivity contribution is 5.82. The summed E-state index contributed by atoms with van der Waals surface area (Å²) in [5.74, 6) is 3.18. The maximum absolute atomic E-state index is 5.51. The van der Waals surface area contributed by atoms with Crippen LogP contribution in [0.2, 0.25) is 0 Å². The second-order valence-electron chi connectivity index (χ2n) is 8.13. The van der Waals surface area contributed by atoms with Crippen LogP contribution in [0.3, 0.4) is 0 Å². The minimum atomic E-state index is 0.707. The SMILES string of the molecule is COc1cc(OC)cc(N(CC2CC2)c2ccc3ncc(N4CCOCC4)nc3c2)c1. The zero-order chi connectivity index (χ0) is 21.2. The Morgan fingerprint density at radius 1 is 0.968 bits per heavy atom. The molecule has 7 nitrogen and oxygen atoms in total. The molecule has 0 bridgehead atoms. The molecule has 0 N–H and O–H groups in total. The molecule has 2 aromatic carbocycles. The van der Waals surface area contributed by atoms with Gasteiger partial charge in [0.15, 0.2) is 0 Å².